The van der Waals surface area contributed by atoms with Crippen LogP contribution in [-0.4, -0.2) is 31.2 Å². The van der Waals surface area contributed by atoms with E-state index in [9.17, 15) is 4.79 Å². The molecule has 4 heteroatoms. The summed E-state index contributed by atoms with van der Waals surface area (Å²) < 4.78 is 5.46. The minimum atomic E-state index is -0.461. The number of hydrogen-bond donors (Lipinski definition) is 2. The van der Waals surface area contributed by atoms with Crippen LogP contribution in [0.25, 0.3) is 0 Å². The molecule has 4 nitrogen and oxygen atoms in total. The zero-order valence-corrected chi connectivity index (χ0v) is 11.2. The van der Waals surface area contributed by atoms with Crippen LogP contribution in [0.5, 0.6) is 0 Å². The van der Waals surface area contributed by atoms with E-state index in [1.807, 2.05) is 7.05 Å². The van der Waals surface area contributed by atoms with Gasteiger partial charge in [-0.15, -0.1) is 0 Å². The van der Waals surface area contributed by atoms with Crippen LogP contribution in [0.1, 0.15) is 46.0 Å². The topological polar surface area (TPSA) is 64.3 Å². The third-order valence-electron chi connectivity index (χ3n) is 3.39. The van der Waals surface area contributed by atoms with Crippen molar-refractivity contribution in [2.75, 3.05) is 7.05 Å². The van der Waals surface area contributed by atoms with Gasteiger partial charge in [-0.2, -0.15) is 0 Å². The predicted octanol–water partition coefficient (Wildman–Crippen LogP) is 1.43. The lowest BCUT2D eigenvalue weighted by molar-refractivity contribution is -0.152. The molecule has 0 bridgehead atoms. The van der Waals surface area contributed by atoms with Crippen molar-refractivity contribution in [1.29, 1.82) is 0 Å². The van der Waals surface area contributed by atoms with Crippen LogP contribution >= 0.6 is 0 Å². The first-order chi connectivity index (χ1) is 8.02. The second-order valence-corrected chi connectivity index (χ2v) is 5.44. The van der Waals surface area contributed by atoms with Gasteiger partial charge in [-0.1, -0.05) is 13.8 Å². The van der Waals surface area contributed by atoms with Crippen LogP contribution in [0, 0.1) is 5.92 Å². The van der Waals surface area contributed by atoms with Gasteiger partial charge in [-0.3, -0.25) is 4.79 Å². The number of carbonyl (C=O) groups excluding carboxylic acids is 1. The van der Waals surface area contributed by atoms with Gasteiger partial charge in [0.05, 0.1) is 0 Å². The lowest BCUT2D eigenvalue weighted by Crippen LogP contribution is -2.39. The Bertz CT molecular complexity index is 236. The number of carbonyl (C=O) groups is 1. The summed E-state index contributed by atoms with van der Waals surface area (Å²) in [4.78, 5) is 11.7. The number of ether oxygens (including phenoxy) is 1. The second-order valence-electron chi connectivity index (χ2n) is 5.44. The van der Waals surface area contributed by atoms with Gasteiger partial charge in [0.2, 0.25) is 0 Å². The summed E-state index contributed by atoms with van der Waals surface area (Å²) >= 11 is 0. The van der Waals surface area contributed by atoms with Crippen molar-refractivity contribution in [3.05, 3.63) is 0 Å². The first-order valence-corrected chi connectivity index (χ1v) is 6.66. The van der Waals surface area contributed by atoms with Gasteiger partial charge in [-0.25, -0.2) is 0 Å². The Balaban J connectivity index is 2.27. The largest absolute Gasteiger partial charge is 0.461 e. The van der Waals surface area contributed by atoms with E-state index in [1.165, 1.54) is 0 Å². The molecule has 0 spiro atoms. The van der Waals surface area contributed by atoms with Gasteiger partial charge >= 0.3 is 5.97 Å². The van der Waals surface area contributed by atoms with Gasteiger partial charge in [0.15, 0.2) is 0 Å². The van der Waals surface area contributed by atoms with E-state index in [2.05, 4.69) is 19.2 Å². The molecule has 0 aromatic rings. The zero-order valence-electron chi connectivity index (χ0n) is 11.2. The number of esters is 1. The van der Waals surface area contributed by atoms with Crippen molar-refractivity contribution in [2.45, 2.75) is 64.1 Å². The van der Waals surface area contributed by atoms with Gasteiger partial charge in [0.25, 0.3) is 0 Å². The Hall–Kier alpha value is -0.610. The molecule has 0 unspecified atom stereocenters. The fourth-order valence-electron chi connectivity index (χ4n) is 2.33. The van der Waals surface area contributed by atoms with Crippen molar-refractivity contribution in [3.63, 3.8) is 0 Å². The van der Waals surface area contributed by atoms with Gasteiger partial charge < -0.3 is 15.8 Å². The molecule has 0 aliphatic heterocycles. The first-order valence-electron chi connectivity index (χ1n) is 6.66. The molecule has 1 atom stereocenters. The molecule has 1 aliphatic rings. The molecular weight excluding hydrogens is 216 g/mol. The molecule has 1 saturated carbocycles. The van der Waals surface area contributed by atoms with Crippen LogP contribution in [0.3, 0.4) is 0 Å². The lowest BCUT2D eigenvalue weighted by Gasteiger charge is -2.28. The molecule has 0 saturated heterocycles. The van der Waals surface area contributed by atoms with Crippen molar-refractivity contribution in [2.24, 2.45) is 11.7 Å². The molecule has 0 aromatic carbocycles. The molecule has 1 aliphatic carbocycles. The molecule has 0 radical (unpaired) electrons. The third-order valence-corrected chi connectivity index (χ3v) is 3.39. The minimum Gasteiger partial charge on any atom is -0.461 e. The fraction of sp³-hybridized carbons (Fsp3) is 0.923. The Morgan fingerprint density at radius 3 is 2.41 bits per heavy atom. The van der Waals surface area contributed by atoms with Crippen LogP contribution in [0.4, 0.5) is 0 Å². The van der Waals surface area contributed by atoms with Crippen molar-refractivity contribution < 1.29 is 9.53 Å². The molecule has 0 aromatic heterocycles. The molecule has 100 valence electrons. The van der Waals surface area contributed by atoms with E-state index in [1.54, 1.807) is 0 Å². The van der Waals surface area contributed by atoms with E-state index in [4.69, 9.17) is 10.5 Å². The molecule has 0 heterocycles. The molecule has 17 heavy (non-hydrogen) atoms. The van der Waals surface area contributed by atoms with Crippen molar-refractivity contribution >= 4 is 5.97 Å². The third kappa shape index (κ3) is 5.04. The van der Waals surface area contributed by atoms with Crippen LogP contribution in [0.15, 0.2) is 0 Å². The van der Waals surface area contributed by atoms with E-state index < -0.39 is 6.04 Å². The summed E-state index contributed by atoms with van der Waals surface area (Å²) in [5, 5.41) is 3.26. The maximum Gasteiger partial charge on any atom is 0.323 e. The Morgan fingerprint density at radius 2 is 1.94 bits per heavy atom. The second kappa shape index (κ2) is 6.97. The summed E-state index contributed by atoms with van der Waals surface area (Å²) in [7, 11) is 1.98. The molecule has 1 rings (SSSR count). The maximum absolute atomic E-state index is 11.7. The van der Waals surface area contributed by atoms with E-state index in [-0.39, 0.29) is 12.1 Å². The standard InChI is InChI=1S/C13H26N2O2/c1-9(2)8-12(14)13(16)17-11-6-4-10(15-3)5-7-11/h9-12,15H,4-8,14H2,1-3H3/t10-,11-,12-/m0/s1. The average molecular weight is 242 g/mol. The fourth-order valence-corrected chi connectivity index (χ4v) is 2.33. The van der Waals surface area contributed by atoms with E-state index in [0.29, 0.717) is 18.4 Å². The van der Waals surface area contributed by atoms with Crippen LogP contribution < -0.4 is 11.1 Å². The van der Waals surface area contributed by atoms with E-state index in [0.717, 1.165) is 25.7 Å². The molecule has 3 N–H and O–H groups in total. The average Bonchev–Trinajstić information content (AvgIpc) is 2.29. The zero-order chi connectivity index (χ0) is 12.8. The monoisotopic (exact) mass is 242 g/mol. The summed E-state index contributed by atoms with van der Waals surface area (Å²) in [5.41, 5.74) is 5.80. The number of rotatable bonds is 5. The van der Waals surface area contributed by atoms with Crippen molar-refractivity contribution in [3.8, 4) is 0 Å². The van der Waals surface area contributed by atoms with Crippen LogP contribution in [-0.2, 0) is 9.53 Å². The predicted molar refractivity (Wildman–Crippen MR) is 68.6 cm³/mol. The highest BCUT2D eigenvalue weighted by Crippen LogP contribution is 2.21. The minimum absolute atomic E-state index is 0.0744. The molecule has 1 fully saturated rings. The quantitative estimate of drug-likeness (QED) is 0.716. The lowest BCUT2D eigenvalue weighted by atomic mass is 9.93. The summed E-state index contributed by atoms with van der Waals surface area (Å²) in [6, 6.07) is 0.117. The smallest absolute Gasteiger partial charge is 0.323 e. The highest BCUT2D eigenvalue weighted by molar-refractivity contribution is 5.75. The van der Waals surface area contributed by atoms with Gasteiger partial charge in [0.1, 0.15) is 12.1 Å². The van der Waals surface area contributed by atoms with Gasteiger partial charge in [0, 0.05) is 6.04 Å². The number of nitrogens with two attached hydrogens (primary N) is 1. The Kier molecular flexibility index (Phi) is 5.92. The van der Waals surface area contributed by atoms with Gasteiger partial charge in [-0.05, 0) is 45.1 Å². The number of hydrogen-bond acceptors (Lipinski definition) is 4. The Morgan fingerprint density at radius 1 is 1.35 bits per heavy atom. The normalized spacial score (nSPS) is 26.9. The highest BCUT2D eigenvalue weighted by Gasteiger charge is 2.25. The maximum atomic E-state index is 11.7. The van der Waals surface area contributed by atoms with E-state index >= 15 is 0 Å². The molecular formula is C13H26N2O2. The summed E-state index contributed by atoms with van der Waals surface area (Å²) in [6.07, 6.45) is 4.83. The van der Waals surface area contributed by atoms with Crippen molar-refractivity contribution in [1.82, 2.24) is 5.32 Å². The SMILES string of the molecule is CN[C@H]1CC[C@H](OC(=O)[C@@H](N)CC(C)C)CC1. The molecule has 0 amide bonds. The number of nitrogens with one attached hydrogen (secondary N) is 1. The summed E-state index contributed by atoms with van der Waals surface area (Å²) in [5.74, 6) is 0.198. The first kappa shape index (κ1) is 14.5. The Labute approximate surface area is 104 Å². The van der Waals surface area contributed by atoms with Crippen LogP contribution in [0.2, 0.25) is 0 Å². The summed E-state index contributed by atoms with van der Waals surface area (Å²) in [6.45, 7) is 4.12. The highest BCUT2D eigenvalue weighted by atomic mass is 16.5.